The van der Waals surface area contributed by atoms with E-state index in [1.165, 1.54) is 19.3 Å². The van der Waals surface area contributed by atoms with E-state index in [1.54, 1.807) is 18.2 Å². The highest BCUT2D eigenvalue weighted by Gasteiger charge is 2.11. The Labute approximate surface area is 120 Å². The molecule has 0 aliphatic heterocycles. The lowest BCUT2D eigenvalue weighted by atomic mass is 10.0. The molecule has 0 aliphatic carbocycles. The first-order valence-corrected chi connectivity index (χ1v) is 7.23. The Kier molecular flexibility index (Phi) is 6.71. The number of nitrogens with one attached hydrogen (secondary N) is 1. The van der Waals surface area contributed by atoms with Gasteiger partial charge in [-0.2, -0.15) is 0 Å². The Morgan fingerprint density at radius 3 is 2.74 bits per heavy atom. The van der Waals surface area contributed by atoms with Crippen LogP contribution >= 0.6 is 11.6 Å². The summed E-state index contributed by atoms with van der Waals surface area (Å²) in [6.45, 7) is 5.02. The van der Waals surface area contributed by atoms with Crippen LogP contribution in [0.4, 0.5) is 0 Å². The predicted molar refractivity (Wildman–Crippen MR) is 81.3 cm³/mol. The minimum absolute atomic E-state index is 0.00766. The molecule has 0 aromatic heterocycles. The summed E-state index contributed by atoms with van der Waals surface area (Å²) in [6.07, 6.45) is 4.68. The van der Waals surface area contributed by atoms with Crippen molar-refractivity contribution in [3.05, 3.63) is 28.8 Å². The van der Waals surface area contributed by atoms with Crippen LogP contribution in [-0.4, -0.2) is 12.4 Å². The second-order valence-corrected chi connectivity index (χ2v) is 5.22. The van der Waals surface area contributed by atoms with Crippen LogP contribution in [0, 0.1) is 11.3 Å². The Morgan fingerprint density at radius 1 is 1.42 bits per heavy atom. The van der Waals surface area contributed by atoms with Gasteiger partial charge in [-0.15, -0.1) is 0 Å². The predicted octanol–water partition coefficient (Wildman–Crippen LogP) is 4.22. The summed E-state index contributed by atoms with van der Waals surface area (Å²) in [5.41, 5.74) is 6.15. The number of rotatable bonds is 8. The van der Waals surface area contributed by atoms with Crippen molar-refractivity contribution in [2.45, 2.75) is 39.5 Å². The minimum atomic E-state index is 0.00766. The van der Waals surface area contributed by atoms with Gasteiger partial charge in [0, 0.05) is 5.02 Å². The molecule has 0 bridgehead atoms. The van der Waals surface area contributed by atoms with Gasteiger partial charge < -0.3 is 10.5 Å². The van der Waals surface area contributed by atoms with Crippen LogP contribution < -0.4 is 10.5 Å². The maximum atomic E-state index is 7.54. The van der Waals surface area contributed by atoms with Crippen molar-refractivity contribution < 1.29 is 4.74 Å². The highest BCUT2D eigenvalue weighted by Crippen LogP contribution is 2.24. The Hall–Kier alpha value is -1.22. The third-order valence-electron chi connectivity index (χ3n) is 3.25. The average Bonchev–Trinajstić information content (AvgIpc) is 2.38. The largest absolute Gasteiger partial charge is 0.492 e. The van der Waals surface area contributed by atoms with Crippen LogP contribution in [-0.2, 0) is 0 Å². The molecule has 0 aliphatic rings. The number of unbranched alkanes of at least 4 members (excludes halogenated alkanes) is 1. The van der Waals surface area contributed by atoms with E-state index < -0.39 is 0 Å². The van der Waals surface area contributed by atoms with Crippen LogP contribution in [0.25, 0.3) is 0 Å². The van der Waals surface area contributed by atoms with Crippen molar-refractivity contribution in [1.29, 1.82) is 5.41 Å². The monoisotopic (exact) mass is 282 g/mol. The molecule has 3 nitrogen and oxygen atoms in total. The fourth-order valence-corrected chi connectivity index (χ4v) is 2.11. The average molecular weight is 283 g/mol. The number of nitrogens with two attached hydrogens (primary N) is 1. The molecule has 106 valence electrons. The number of nitrogen functional groups attached to an aromatic ring is 1. The van der Waals surface area contributed by atoms with Gasteiger partial charge in [-0.1, -0.05) is 44.7 Å². The molecule has 1 atom stereocenters. The molecule has 0 spiro atoms. The first-order chi connectivity index (χ1) is 9.08. The van der Waals surface area contributed by atoms with Crippen LogP contribution in [0.15, 0.2) is 18.2 Å². The minimum Gasteiger partial charge on any atom is -0.492 e. The quantitative estimate of drug-likeness (QED) is 0.554. The molecule has 1 unspecified atom stereocenters. The van der Waals surface area contributed by atoms with Gasteiger partial charge >= 0.3 is 0 Å². The summed E-state index contributed by atoms with van der Waals surface area (Å²) in [5.74, 6) is 1.15. The number of halogens is 1. The first kappa shape index (κ1) is 15.8. The zero-order chi connectivity index (χ0) is 14.3. The highest BCUT2D eigenvalue weighted by atomic mass is 35.5. The maximum Gasteiger partial charge on any atom is 0.131 e. The second kappa shape index (κ2) is 8.05. The molecule has 1 rings (SSSR count). The summed E-state index contributed by atoms with van der Waals surface area (Å²) >= 11 is 5.96. The van der Waals surface area contributed by atoms with Crippen LogP contribution in [0.3, 0.4) is 0 Å². The first-order valence-electron chi connectivity index (χ1n) is 6.85. The van der Waals surface area contributed by atoms with E-state index in [9.17, 15) is 0 Å². The Bertz CT molecular complexity index is 421. The highest BCUT2D eigenvalue weighted by molar-refractivity contribution is 6.30. The number of hydrogen-bond donors (Lipinski definition) is 2. The van der Waals surface area contributed by atoms with Gasteiger partial charge in [-0.25, -0.2) is 0 Å². The normalized spacial score (nSPS) is 12.2. The topological polar surface area (TPSA) is 59.1 Å². The van der Waals surface area contributed by atoms with Crippen LogP contribution in [0.1, 0.15) is 45.1 Å². The SMILES string of the molecule is CCCCC(CC)COc1cc(Cl)ccc1C(=N)N. The summed E-state index contributed by atoms with van der Waals surface area (Å²) in [7, 11) is 0. The summed E-state index contributed by atoms with van der Waals surface area (Å²) in [5, 5.41) is 8.14. The van der Waals surface area contributed by atoms with Crippen molar-refractivity contribution in [3.63, 3.8) is 0 Å². The maximum absolute atomic E-state index is 7.54. The molecule has 0 radical (unpaired) electrons. The number of benzene rings is 1. The van der Waals surface area contributed by atoms with E-state index in [2.05, 4.69) is 13.8 Å². The third kappa shape index (κ3) is 5.11. The molecule has 0 amide bonds. The molecule has 0 fully saturated rings. The second-order valence-electron chi connectivity index (χ2n) is 4.78. The smallest absolute Gasteiger partial charge is 0.131 e. The van der Waals surface area contributed by atoms with E-state index in [0.29, 0.717) is 28.9 Å². The Morgan fingerprint density at radius 2 is 2.16 bits per heavy atom. The lowest BCUT2D eigenvalue weighted by Gasteiger charge is -2.17. The van der Waals surface area contributed by atoms with E-state index in [0.717, 1.165) is 6.42 Å². The van der Waals surface area contributed by atoms with Crippen LogP contribution in [0.5, 0.6) is 5.75 Å². The fourth-order valence-electron chi connectivity index (χ4n) is 1.94. The van der Waals surface area contributed by atoms with Gasteiger partial charge in [-0.3, -0.25) is 5.41 Å². The molecular formula is C15H23ClN2O. The molecule has 4 heteroatoms. The molecule has 0 saturated carbocycles. The fraction of sp³-hybridized carbons (Fsp3) is 0.533. The zero-order valence-electron chi connectivity index (χ0n) is 11.7. The summed E-state index contributed by atoms with van der Waals surface area (Å²) < 4.78 is 5.82. The van der Waals surface area contributed by atoms with Crippen molar-refractivity contribution in [1.82, 2.24) is 0 Å². The van der Waals surface area contributed by atoms with Crippen LogP contribution in [0.2, 0.25) is 5.02 Å². The van der Waals surface area contributed by atoms with E-state index in [4.69, 9.17) is 27.5 Å². The number of amidine groups is 1. The molecule has 1 aromatic carbocycles. The third-order valence-corrected chi connectivity index (χ3v) is 3.49. The lowest BCUT2D eigenvalue weighted by molar-refractivity contribution is 0.233. The molecule has 0 heterocycles. The van der Waals surface area contributed by atoms with Crippen molar-refractivity contribution in [3.8, 4) is 5.75 Å². The van der Waals surface area contributed by atoms with Gasteiger partial charge in [0.25, 0.3) is 0 Å². The van der Waals surface area contributed by atoms with E-state index in [-0.39, 0.29) is 5.84 Å². The standard InChI is InChI=1S/C15H23ClN2O/c1-3-5-6-11(4-2)10-19-14-9-12(16)7-8-13(14)15(17)18/h7-9,11H,3-6,10H2,1-2H3,(H3,17,18). The molecule has 1 aromatic rings. The van der Waals surface area contributed by atoms with Gasteiger partial charge in [0.05, 0.1) is 12.2 Å². The number of ether oxygens (including phenoxy) is 1. The van der Waals surface area contributed by atoms with Gasteiger partial charge in [0.1, 0.15) is 11.6 Å². The van der Waals surface area contributed by atoms with Gasteiger partial charge in [-0.05, 0) is 30.5 Å². The van der Waals surface area contributed by atoms with Gasteiger partial charge in [0.15, 0.2) is 0 Å². The van der Waals surface area contributed by atoms with Crippen molar-refractivity contribution in [2.75, 3.05) is 6.61 Å². The molecule has 3 N–H and O–H groups in total. The van der Waals surface area contributed by atoms with Crippen molar-refractivity contribution in [2.24, 2.45) is 11.7 Å². The molecule has 19 heavy (non-hydrogen) atoms. The summed E-state index contributed by atoms with van der Waals surface area (Å²) in [4.78, 5) is 0. The van der Waals surface area contributed by atoms with E-state index in [1.807, 2.05) is 0 Å². The lowest BCUT2D eigenvalue weighted by Crippen LogP contribution is -2.16. The number of hydrogen-bond acceptors (Lipinski definition) is 2. The summed E-state index contributed by atoms with van der Waals surface area (Å²) in [6, 6.07) is 5.18. The Balaban J connectivity index is 2.70. The van der Waals surface area contributed by atoms with Gasteiger partial charge in [0.2, 0.25) is 0 Å². The zero-order valence-corrected chi connectivity index (χ0v) is 12.5. The van der Waals surface area contributed by atoms with Crippen molar-refractivity contribution >= 4 is 17.4 Å². The molecular weight excluding hydrogens is 260 g/mol. The van der Waals surface area contributed by atoms with E-state index >= 15 is 0 Å². The molecule has 0 saturated heterocycles.